The van der Waals surface area contributed by atoms with Gasteiger partial charge in [-0.15, -0.1) is 0 Å². The van der Waals surface area contributed by atoms with E-state index in [2.05, 4.69) is 22.3 Å². The molecule has 7 nitrogen and oxygen atoms in total. The van der Waals surface area contributed by atoms with E-state index in [9.17, 15) is 13.2 Å². The van der Waals surface area contributed by atoms with Crippen LogP contribution in [0.5, 0.6) is 5.75 Å². The summed E-state index contributed by atoms with van der Waals surface area (Å²) in [6, 6.07) is 23.3. The predicted octanol–water partition coefficient (Wildman–Crippen LogP) is 3.56. The van der Waals surface area contributed by atoms with Crippen LogP contribution in [-0.4, -0.2) is 40.1 Å². The minimum atomic E-state index is -3.85. The minimum Gasteiger partial charge on any atom is -0.476 e. The number of carbonyl (C=O) groups is 1. The molecule has 0 radical (unpaired) electrons. The van der Waals surface area contributed by atoms with Crippen LogP contribution in [0.15, 0.2) is 83.8 Å². The monoisotopic (exact) mass is 477 g/mol. The molecule has 0 saturated carbocycles. The highest BCUT2D eigenvalue weighted by Crippen LogP contribution is 2.36. The molecular weight excluding hydrogens is 450 g/mol. The Morgan fingerprint density at radius 2 is 1.59 bits per heavy atom. The number of hydrogen-bond acceptors (Lipinski definition) is 5. The first-order valence-corrected chi connectivity index (χ1v) is 12.9. The lowest BCUT2D eigenvalue weighted by atomic mass is 10.2. The predicted molar refractivity (Wildman–Crippen MR) is 132 cm³/mol. The minimum absolute atomic E-state index is 0.103. The maximum absolute atomic E-state index is 13.4. The molecule has 1 atom stereocenters. The number of fused-ring (bicyclic) bond motifs is 1. The molecule has 0 unspecified atom stereocenters. The summed E-state index contributed by atoms with van der Waals surface area (Å²) in [4.78, 5) is 15.5. The Morgan fingerprint density at radius 3 is 2.32 bits per heavy atom. The molecule has 1 fully saturated rings. The van der Waals surface area contributed by atoms with Crippen molar-refractivity contribution < 1.29 is 17.9 Å². The number of nitrogens with one attached hydrogen (secondary N) is 1. The molecule has 2 aliphatic heterocycles. The lowest BCUT2D eigenvalue weighted by molar-refractivity contribution is -0.127. The van der Waals surface area contributed by atoms with Gasteiger partial charge >= 0.3 is 0 Å². The first kappa shape index (κ1) is 22.3. The fourth-order valence-corrected chi connectivity index (χ4v) is 5.89. The summed E-state index contributed by atoms with van der Waals surface area (Å²) in [6.07, 6.45) is 1.48. The van der Waals surface area contributed by atoms with Gasteiger partial charge in [-0.3, -0.25) is 9.10 Å². The number of benzene rings is 3. The fraction of sp³-hybridized carbons (Fsp3) is 0.269. The number of rotatable bonds is 6. The van der Waals surface area contributed by atoms with E-state index >= 15 is 0 Å². The third-order valence-corrected chi connectivity index (χ3v) is 8.03. The summed E-state index contributed by atoms with van der Waals surface area (Å²) in [6.45, 7) is 2.40. The van der Waals surface area contributed by atoms with Crippen molar-refractivity contribution in [1.82, 2.24) is 5.32 Å². The van der Waals surface area contributed by atoms with E-state index in [1.165, 1.54) is 22.8 Å². The lowest BCUT2D eigenvalue weighted by Gasteiger charge is -2.34. The van der Waals surface area contributed by atoms with Gasteiger partial charge in [-0.1, -0.05) is 42.5 Å². The largest absolute Gasteiger partial charge is 0.476 e. The van der Waals surface area contributed by atoms with Crippen LogP contribution in [-0.2, 0) is 21.4 Å². The number of carbonyl (C=O) groups excluding carboxylic acids is 1. The second-order valence-electron chi connectivity index (χ2n) is 8.50. The Labute approximate surface area is 200 Å². The first-order valence-electron chi connectivity index (χ1n) is 11.5. The maximum Gasteiger partial charge on any atom is 0.264 e. The highest BCUT2D eigenvalue weighted by molar-refractivity contribution is 7.92. The number of ether oxygens (including phenoxy) is 1. The maximum atomic E-state index is 13.4. The van der Waals surface area contributed by atoms with Crippen molar-refractivity contribution in [2.24, 2.45) is 0 Å². The van der Waals surface area contributed by atoms with E-state index in [-0.39, 0.29) is 17.3 Å². The van der Waals surface area contributed by atoms with Gasteiger partial charge < -0.3 is 15.0 Å². The van der Waals surface area contributed by atoms with Crippen molar-refractivity contribution in [3.63, 3.8) is 0 Å². The standard InChI is InChI=1S/C26H27N3O4S/c30-26(27-18-20-12-14-21(15-13-20)28-16-6-7-17-28)25-19-29(23-10-4-5-11-24(23)33-25)34(31,32)22-8-2-1-3-9-22/h1-5,8-15,25H,6-7,16-19H2,(H,27,30)/t25-/m1/s1. The third kappa shape index (κ3) is 4.46. The number of sulfonamides is 1. The van der Waals surface area contributed by atoms with E-state index in [0.29, 0.717) is 18.0 Å². The SMILES string of the molecule is O=C(NCc1ccc(N2CCCC2)cc1)[C@H]1CN(S(=O)(=O)c2ccccc2)c2ccccc2O1. The van der Waals surface area contributed by atoms with Crippen molar-refractivity contribution in [3.8, 4) is 5.75 Å². The van der Waals surface area contributed by atoms with Crippen molar-refractivity contribution in [1.29, 1.82) is 0 Å². The molecule has 34 heavy (non-hydrogen) atoms. The molecule has 0 aliphatic carbocycles. The van der Waals surface area contributed by atoms with Crippen LogP contribution < -0.4 is 19.3 Å². The van der Waals surface area contributed by atoms with Gasteiger partial charge in [0.15, 0.2) is 6.10 Å². The summed E-state index contributed by atoms with van der Waals surface area (Å²) < 4.78 is 33.9. The molecule has 5 rings (SSSR count). The van der Waals surface area contributed by atoms with Gasteiger partial charge in [-0.25, -0.2) is 8.42 Å². The van der Waals surface area contributed by atoms with Gasteiger partial charge in [0.1, 0.15) is 5.75 Å². The van der Waals surface area contributed by atoms with Gasteiger partial charge in [-0.2, -0.15) is 0 Å². The number of nitrogens with zero attached hydrogens (tertiary/aromatic N) is 2. The number of anilines is 2. The van der Waals surface area contributed by atoms with Crippen molar-refractivity contribution in [2.45, 2.75) is 30.4 Å². The number of hydrogen-bond donors (Lipinski definition) is 1. The van der Waals surface area contributed by atoms with Crippen molar-refractivity contribution >= 4 is 27.3 Å². The summed E-state index contributed by atoms with van der Waals surface area (Å²) in [5.74, 6) is 0.00903. The highest BCUT2D eigenvalue weighted by atomic mass is 32.2. The van der Waals surface area contributed by atoms with Gasteiger partial charge in [0, 0.05) is 25.3 Å². The Bertz CT molecular complexity index is 1260. The van der Waals surface area contributed by atoms with Crippen LogP contribution in [0, 0.1) is 0 Å². The lowest BCUT2D eigenvalue weighted by Crippen LogP contribution is -2.50. The van der Waals surface area contributed by atoms with Crippen LogP contribution in [0.4, 0.5) is 11.4 Å². The van der Waals surface area contributed by atoms with E-state index in [1.807, 2.05) is 12.1 Å². The molecule has 3 aromatic carbocycles. The zero-order valence-electron chi connectivity index (χ0n) is 18.8. The molecule has 1 saturated heterocycles. The van der Waals surface area contributed by atoms with Crippen LogP contribution in [0.25, 0.3) is 0 Å². The molecule has 1 N–H and O–H groups in total. The topological polar surface area (TPSA) is 79.0 Å². The molecule has 2 aliphatic rings. The molecule has 3 aromatic rings. The Balaban J connectivity index is 1.30. The zero-order chi connectivity index (χ0) is 23.5. The van der Waals surface area contributed by atoms with E-state index in [0.717, 1.165) is 18.7 Å². The summed E-state index contributed by atoms with van der Waals surface area (Å²) in [5.41, 5.74) is 2.59. The zero-order valence-corrected chi connectivity index (χ0v) is 19.6. The normalized spacial score (nSPS) is 17.7. The fourth-order valence-electron chi connectivity index (χ4n) is 4.39. The summed E-state index contributed by atoms with van der Waals surface area (Å²) in [5, 5.41) is 2.90. The summed E-state index contributed by atoms with van der Waals surface area (Å²) >= 11 is 0. The second-order valence-corrected chi connectivity index (χ2v) is 10.4. The molecule has 2 heterocycles. The van der Waals surface area contributed by atoms with Gasteiger partial charge in [0.25, 0.3) is 15.9 Å². The third-order valence-electron chi connectivity index (χ3n) is 6.23. The molecule has 176 valence electrons. The van der Waals surface area contributed by atoms with Gasteiger partial charge in [0.05, 0.1) is 17.1 Å². The van der Waals surface area contributed by atoms with Crippen LogP contribution in [0.2, 0.25) is 0 Å². The smallest absolute Gasteiger partial charge is 0.264 e. The van der Waals surface area contributed by atoms with Crippen LogP contribution in [0.1, 0.15) is 18.4 Å². The van der Waals surface area contributed by atoms with Crippen LogP contribution >= 0.6 is 0 Å². The van der Waals surface area contributed by atoms with Crippen molar-refractivity contribution in [2.75, 3.05) is 28.8 Å². The van der Waals surface area contributed by atoms with E-state index < -0.39 is 16.1 Å². The number of para-hydroxylation sites is 2. The molecular formula is C26H27N3O4S. The Morgan fingerprint density at radius 1 is 0.912 bits per heavy atom. The quantitative estimate of drug-likeness (QED) is 0.587. The molecule has 0 aromatic heterocycles. The number of amides is 1. The van der Waals surface area contributed by atoms with E-state index in [1.54, 1.807) is 54.6 Å². The van der Waals surface area contributed by atoms with Crippen LogP contribution in [0.3, 0.4) is 0 Å². The first-order chi connectivity index (χ1) is 16.5. The average Bonchev–Trinajstić information content (AvgIpc) is 3.42. The second kappa shape index (κ2) is 9.38. The average molecular weight is 478 g/mol. The Kier molecular flexibility index (Phi) is 6.15. The summed E-state index contributed by atoms with van der Waals surface area (Å²) in [7, 11) is -3.85. The molecule has 0 spiro atoms. The molecule has 8 heteroatoms. The molecule has 0 bridgehead atoms. The van der Waals surface area contributed by atoms with E-state index in [4.69, 9.17) is 4.74 Å². The highest BCUT2D eigenvalue weighted by Gasteiger charge is 2.37. The Hall–Kier alpha value is -3.52. The van der Waals surface area contributed by atoms with Crippen molar-refractivity contribution in [3.05, 3.63) is 84.4 Å². The van der Waals surface area contributed by atoms with Gasteiger partial charge in [0.2, 0.25) is 0 Å². The molecule has 1 amide bonds. The van der Waals surface area contributed by atoms with Gasteiger partial charge in [-0.05, 0) is 54.8 Å².